The van der Waals surface area contributed by atoms with E-state index in [4.69, 9.17) is 4.74 Å². The first-order valence-electron chi connectivity index (χ1n) is 9.28. The summed E-state index contributed by atoms with van der Waals surface area (Å²) in [5, 5.41) is 2.34. The fourth-order valence-corrected chi connectivity index (χ4v) is 3.63. The number of halogens is 1. The third kappa shape index (κ3) is 6.40. The van der Waals surface area contributed by atoms with E-state index in [1.165, 1.54) is 0 Å². The van der Waals surface area contributed by atoms with E-state index < -0.39 is 0 Å². The summed E-state index contributed by atoms with van der Waals surface area (Å²) in [5.74, 6) is 0.768. The fraction of sp³-hybridized carbons (Fsp3) is 0.286. The van der Waals surface area contributed by atoms with Crippen molar-refractivity contribution in [2.45, 2.75) is 6.54 Å². The molecule has 0 unspecified atom stereocenters. The number of carbonyl (C=O) groups is 3. The minimum atomic E-state index is -0.280. The molecular weight excluding hydrogens is 426 g/mol. The quantitative estimate of drug-likeness (QED) is 0.770. The maximum Gasteiger partial charge on any atom is 0.317 e. The van der Waals surface area contributed by atoms with Crippen molar-refractivity contribution in [2.24, 2.45) is 0 Å². The van der Waals surface area contributed by atoms with Gasteiger partial charge in [0.05, 0.1) is 7.11 Å². The second-order valence-electron chi connectivity index (χ2n) is 6.50. The minimum Gasteiger partial charge on any atom is -0.497 e. The summed E-state index contributed by atoms with van der Waals surface area (Å²) < 4.78 is 5.12. The first-order valence-corrected chi connectivity index (χ1v) is 10.1. The Kier molecular flexibility index (Phi) is 9.01. The van der Waals surface area contributed by atoms with Crippen molar-refractivity contribution in [3.63, 3.8) is 0 Å². The molecule has 1 N–H and O–H groups in total. The lowest BCUT2D eigenvalue weighted by Crippen LogP contribution is -2.52. The van der Waals surface area contributed by atoms with Gasteiger partial charge in [-0.15, -0.1) is 12.4 Å². The number of urea groups is 1. The minimum absolute atomic E-state index is 0. The van der Waals surface area contributed by atoms with E-state index in [2.05, 4.69) is 5.32 Å². The van der Waals surface area contributed by atoms with Crippen LogP contribution in [0.5, 0.6) is 5.75 Å². The predicted molar refractivity (Wildman–Crippen MR) is 119 cm³/mol. The number of nitrogens with one attached hydrogen (secondary N) is 1. The molecule has 2 aromatic rings. The van der Waals surface area contributed by atoms with Gasteiger partial charge in [-0.1, -0.05) is 42.5 Å². The van der Waals surface area contributed by atoms with Crippen LogP contribution in [-0.2, 0) is 6.54 Å². The van der Waals surface area contributed by atoms with Gasteiger partial charge in [-0.05, 0) is 17.7 Å². The summed E-state index contributed by atoms with van der Waals surface area (Å²) in [5.41, 5.74) is 1.48. The van der Waals surface area contributed by atoms with E-state index in [0.717, 1.165) is 11.3 Å². The largest absolute Gasteiger partial charge is 0.497 e. The number of hydrogen-bond donors (Lipinski definition) is 1. The zero-order valence-electron chi connectivity index (χ0n) is 16.6. The van der Waals surface area contributed by atoms with Crippen molar-refractivity contribution in [1.29, 1.82) is 0 Å². The van der Waals surface area contributed by atoms with Crippen LogP contribution in [0.25, 0.3) is 0 Å². The number of thioether (sulfide) groups is 1. The summed E-state index contributed by atoms with van der Waals surface area (Å²) >= 11 is 0.698. The Balaban J connectivity index is 0.00000320. The molecule has 0 aliphatic carbocycles. The second kappa shape index (κ2) is 11.5. The molecular formula is C21H24ClN3O4S. The van der Waals surface area contributed by atoms with E-state index >= 15 is 0 Å². The summed E-state index contributed by atoms with van der Waals surface area (Å²) in [6, 6.07) is 16.1. The normalized spacial score (nSPS) is 13.2. The van der Waals surface area contributed by atoms with E-state index in [-0.39, 0.29) is 28.8 Å². The van der Waals surface area contributed by atoms with E-state index in [0.29, 0.717) is 50.0 Å². The Labute approximate surface area is 186 Å². The van der Waals surface area contributed by atoms with Crippen LogP contribution in [0.1, 0.15) is 15.9 Å². The highest BCUT2D eigenvalue weighted by Gasteiger charge is 2.26. The van der Waals surface area contributed by atoms with Gasteiger partial charge in [0.1, 0.15) is 5.75 Å². The molecule has 1 aliphatic heterocycles. The Morgan fingerprint density at radius 2 is 1.53 bits per heavy atom. The Morgan fingerprint density at radius 1 is 0.933 bits per heavy atom. The highest BCUT2D eigenvalue weighted by molar-refractivity contribution is 8.26. The molecule has 1 fully saturated rings. The smallest absolute Gasteiger partial charge is 0.317 e. The summed E-state index contributed by atoms with van der Waals surface area (Å²) in [7, 11) is 1.61. The van der Waals surface area contributed by atoms with Crippen molar-refractivity contribution in [1.82, 2.24) is 15.1 Å². The third-order valence-electron chi connectivity index (χ3n) is 4.62. The van der Waals surface area contributed by atoms with Gasteiger partial charge in [0, 0.05) is 50.0 Å². The summed E-state index contributed by atoms with van der Waals surface area (Å²) in [4.78, 5) is 40.2. The van der Waals surface area contributed by atoms with Gasteiger partial charge >= 0.3 is 6.03 Å². The second-order valence-corrected chi connectivity index (χ2v) is 7.43. The van der Waals surface area contributed by atoms with E-state index in [1.54, 1.807) is 41.2 Å². The van der Waals surface area contributed by atoms with E-state index in [9.17, 15) is 14.4 Å². The van der Waals surface area contributed by atoms with Crippen molar-refractivity contribution in [2.75, 3.05) is 33.3 Å². The number of ether oxygens (including phenoxy) is 1. The van der Waals surface area contributed by atoms with Crippen LogP contribution in [0, 0.1) is 0 Å². The lowest BCUT2D eigenvalue weighted by atomic mass is 10.2. The number of methoxy groups -OCH3 is 1. The van der Waals surface area contributed by atoms with Gasteiger partial charge < -0.3 is 19.9 Å². The highest BCUT2D eigenvalue weighted by Crippen LogP contribution is 2.18. The van der Waals surface area contributed by atoms with Crippen LogP contribution < -0.4 is 10.1 Å². The highest BCUT2D eigenvalue weighted by atomic mass is 35.5. The van der Waals surface area contributed by atoms with Gasteiger partial charge in [0.15, 0.2) is 0 Å². The predicted octanol–water partition coefficient (Wildman–Crippen LogP) is 3.64. The van der Waals surface area contributed by atoms with Crippen molar-refractivity contribution < 1.29 is 19.1 Å². The number of benzene rings is 2. The maximum atomic E-state index is 12.4. The number of rotatable bonds is 4. The standard InChI is InChI=1S/C21H23N3O4S.ClH/c1-28-18-9-7-16(8-10-18)15-22-20(26)23-11-13-24(14-12-23)21(27)29-19(25)17-5-3-2-4-6-17;/h2-10H,11-15H2,1H3,(H,22,26);1H. The Hall–Kier alpha value is -2.71. The molecule has 3 rings (SSSR count). The molecule has 0 atom stereocenters. The average molecular weight is 450 g/mol. The van der Waals surface area contributed by atoms with Gasteiger partial charge in [0.25, 0.3) is 5.24 Å². The molecule has 0 radical (unpaired) electrons. The lowest BCUT2D eigenvalue weighted by molar-refractivity contribution is 0.108. The number of amides is 3. The van der Waals surface area contributed by atoms with Crippen molar-refractivity contribution in [3.05, 3.63) is 65.7 Å². The molecule has 0 bridgehead atoms. The van der Waals surface area contributed by atoms with Crippen LogP contribution in [0.15, 0.2) is 54.6 Å². The van der Waals surface area contributed by atoms with Crippen molar-refractivity contribution in [3.8, 4) is 5.75 Å². The SMILES string of the molecule is COc1ccc(CNC(=O)N2CCN(C(=O)SC(=O)c3ccccc3)CC2)cc1.Cl. The molecule has 1 aliphatic rings. The van der Waals surface area contributed by atoms with Gasteiger partial charge in [-0.3, -0.25) is 9.59 Å². The summed E-state index contributed by atoms with van der Waals surface area (Å²) in [6.45, 7) is 2.09. The topological polar surface area (TPSA) is 79.0 Å². The number of carbonyl (C=O) groups excluding carboxylic acids is 3. The Morgan fingerprint density at radius 3 is 2.13 bits per heavy atom. The van der Waals surface area contributed by atoms with Crippen LogP contribution in [0.2, 0.25) is 0 Å². The average Bonchev–Trinajstić information content (AvgIpc) is 2.78. The molecule has 160 valence electrons. The van der Waals surface area contributed by atoms with Crippen LogP contribution in [-0.4, -0.2) is 59.5 Å². The van der Waals surface area contributed by atoms with Crippen LogP contribution in [0.3, 0.4) is 0 Å². The van der Waals surface area contributed by atoms with E-state index in [1.807, 2.05) is 30.3 Å². The first-order chi connectivity index (χ1) is 14.1. The maximum absolute atomic E-state index is 12.4. The van der Waals surface area contributed by atoms with Crippen LogP contribution in [0.4, 0.5) is 9.59 Å². The molecule has 0 saturated carbocycles. The van der Waals surface area contributed by atoms with Crippen molar-refractivity contribution >= 4 is 40.6 Å². The van der Waals surface area contributed by atoms with Crippen LogP contribution >= 0.6 is 24.2 Å². The number of hydrogen-bond acceptors (Lipinski definition) is 5. The summed E-state index contributed by atoms with van der Waals surface area (Å²) in [6.07, 6.45) is 0. The molecule has 1 saturated heterocycles. The Bertz CT molecular complexity index is 856. The van der Waals surface area contributed by atoms with Gasteiger partial charge in [-0.2, -0.15) is 0 Å². The molecule has 0 aromatic heterocycles. The fourth-order valence-electron chi connectivity index (χ4n) is 2.90. The zero-order valence-corrected chi connectivity index (χ0v) is 18.2. The van der Waals surface area contributed by atoms with Gasteiger partial charge in [-0.25, -0.2) is 4.79 Å². The molecule has 9 heteroatoms. The third-order valence-corrected chi connectivity index (χ3v) is 5.47. The first kappa shape index (κ1) is 23.6. The molecule has 3 amide bonds. The molecule has 7 nitrogen and oxygen atoms in total. The number of nitrogens with zero attached hydrogens (tertiary/aromatic N) is 2. The van der Waals surface area contributed by atoms with Gasteiger partial charge in [0.2, 0.25) is 5.12 Å². The monoisotopic (exact) mass is 449 g/mol. The molecule has 30 heavy (non-hydrogen) atoms. The number of piperazine rings is 1. The molecule has 1 heterocycles. The molecule has 2 aromatic carbocycles. The molecule has 0 spiro atoms. The lowest BCUT2D eigenvalue weighted by Gasteiger charge is -2.34. The zero-order chi connectivity index (χ0) is 20.6.